The zero-order chi connectivity index (χ0) is 22.2. The number of thioether (sulfide) groups is 2. The maximum Gasteiger partial charge on any atom is 1.00 e. The molecular weight excluding hydrogens is 493 g/mol. The molecule has 3 atom stereocenters. The van der Waals surface area contributed by atoms with Crippen LogP contribution in [0.5, 0.6) is 0 Å². The van der Waals surface area contributed by atoms with Crippen molar-refractivity contribution in [1.29, 1.82) is 0 Å². The molecule has 4 N–H and O–H groups in total. The molecule has 0 saturated carbocycles. The van der Waals surface area contributed by atoms with Crippen LogP contribution in [0.1, 0.15) is 5.69 Å². The largest absolute Gasteiger partial charge is 1.00 e. The van der Waals surface area contributed by atoms with E-state index in [0.29, 0.717) is 13.2 Å². The molecular formula is C16H18N5NaO7S3. The number of aliphatic carboxylic acids is 1. The number of nitrogens with two attached hydrogens (primary N) is 1. The molecule has 4 rings (SSSR count). The van der Waals surface area contributed by atoms with Crippen LogP contribution in [-0.2, 0) is 23.9 Å². The molecule has 32 heavy (non-hydrogen) atoms. The molecule has 168 valence electrons. The normalized spacial score (nSPS) is 28.3. The van der Waals surface area contributed by atoms with Gasteiger partial charge < -0.3 is 40.5 Å². The van der Waals surface area contributed by atoms with Gasteiger partial charge in [-0.25, -0.2) is 4.98 Å². The summed E-state index contributed by atoms with van der Waals surface area (Å²) in [6, 6.07) is -0.878. The smallest absolute Gasteiger partial charge is 0.549 e. The zero-order valence-corrected chi connectivity index (χ0v) is 21.3. The van der Waals surface area contributed by atoms with E-state index in [1.807, 2.05) is 0 Å². The summed E-state index contributed by atoms with van der Waals surface area (Å²) < 4.78 is 9.15. The van der Waals surface area contributed by atoms with Crippen LogP contribution in [0.2, 0.25) is 0 Å². The van der Waals surface area contributed by atoms with Crippen LogP contribution < -0.4 is 45.7 Å². The summed E-state index contributed by atoms with van der Waals surface area (Å²) in [5.74, 6) is -2.29. The third kappa shape index (κ3) is 4.89. The third-order valence-electron chi connectivity index (χ3n) is 4.96. The zero-order valence-electron chi connectivity index (χ0n) is 16.9. The number of nitrogens with zero attached hydrogens (tertiary/aromatic N) is 3. The molecule has 0 aromatic carbocycles. The molecule has 1 aromatic heterocycles. The maximum atomic E-state index is 12.7. The first-order chi connectivity index (χ1) is 14.8. The quantitative estimate of drug-likeness (QED) is 0.109. The third-order valence-corrected chi connectivity index (χ3v) is 8.84. The molecule has 0 spiro atoms. The first-order valence-corrected chi connectivity index (χ1v) is 11.9. The van der Waals surface area contributed by atoms with E-state index >= 15 is 0 Å². The maximum absolute atomic E-state index is 12.7. The van der Waals surface area contributed by atoms with E-state index in [0.717, 1.165) is 11.3 Å². The molecule has 2 unspecified atom stereocenters. The average Bonchev–Trinajstić information content (AvgIpc) is 3.19. The number of nitrogen functional groups attached to an aromatic ring is 1. The summed E-state index contributed by atoms with van der Waals surface area (Å²) in [4.78, 5) is 42.5. The number of carboxylic acids is 1. The molecule has 3 fully saturated rings. The van der Waals surface area contributed by atoms with Crippen molar-refractivity contribution in [3.05, 3.63) is 11.1 Å². The second-order valence-electron chi connectivity index (χ2n) is 7.02. The van der Waals surface area contributed by atoms with Gasteiger partial charge in [0, 0.05) is 17.7 Å². The number of amides is 2. The number of fused-ring (bicyclic) bond motifs is 1. The Kier molecular flexibility index (Phi) is 8.35. The fourth-order valence-corrected chi connectivity index (χ4v) is 7.15. The van der Waals surface area contributed by atoms with Gasteiger partial charge in [-0.05, 0) is 0 Å². The van der Waals surface area contributed by atoms with E-state index < -0.39 is 33.9 Å². The molecule has 0 bridgehead atoms. The van der Waals surface area contributed by atoms with Crippen LogP contribution in [0.15, 0.2) is 10.5 Å². The number of aromatic nitrogens is 1. The Hall–Kier alpha value is -1.07. The van der Waals surface area contributed by atoms with Crippen LogP contribution in [0.3, 0.4) is 0 Å². The molecule has 2 amide bonds. The van der Waals surface area contributed by atoms with Crippen LogP contribution in [-0.4, -0.2) is 92.3 Å². The average molecular weight is 512 g/mol. The van der Waals surface area contributed by atoms with Gasteiger partial charge in [-0.3, -0.25) is 9.59 Å². The number of rotatable bonds is 6. The van der Waals surface area contributed by atoms with Crippen molar-refractivity contribution in [3.8, 4) is 0 Å². The molecule has 4 heterocycles. The molecule has 3 aliphatic heterocycles. The van der Waals surface area contributed by atoms with Gasteiger partial charge in [0.2, 0.25) is 5.91 Å². The van der Waals surface area contributed by atoms with Gasteiger partial charge >= 0.3 is 29.6 Å². The van der Waals surface area contributed by atoms with Crippen molar-refractivity contribution < 1.29 is 63.7 Å². The second kappa shape index (κ2) is 10.5. The van der Waals surface area contributed by atoms with E-state index in [2.05, 4.69) is 15.5 Å². The monoisotopic (exact) mass is 511 g/mol. The van der Waals surface area contributed by atoms with Gasteiger partial charge in [0.15, 0.2) is 10.8 Å². The van der Waals surface area contributed by atoms with Gasteiger partial charge in [0.25, 0.3) is 5.91 Å². The standard InChI is InChI=1S/C16H19N5O7S3.Na/c17-15-18-8(3-29-15)9(20-26)11(22)19-10-12(23)21-4-16(14(24)25,5-30-13(10)21)31-7-1-27-6-28-2-7;/h3,7,10,13,26H,1-2,4-6H2,(H2,17,18)(H,19,22)(H,24,25);/q;+1/p-1/t10?,13-,16?;/m1./s1. The van der Waals surface area contributed by atoms with Crippen LogP contribution in [0.4, 0.5) is 5.13 Å². The minimum absolute atomic E-state index is 0. The first kappa shape index (κ1) is 25.6. The number of hydrogen-bond donors (Lipinski definition) is 3. The Morgan fingerprint density at radius 3 is 2.75 bits per heavy atom. The number of hydrogen-bond acceptors (Lipinski definition) is 13. The van der Waals surface area contributed by atoms with Crippen LogP contribution in [0, 0.1) is 0 Å². The Bertz CT molecular complexity index is 928. The minimum atomic E-state index is -1.31. The predicted octanol–water partition coefficient (Wildman–Crippen LogP) is -5.10. The topological polar surface area (TPSA) is 179 Å². The fraction of sp³-hybridized carbons (Fsp3) is 0.562. The van der Waals surface area contributed by atoms with Gasteiger partial charge in [-0.2, -0.15) is 0 Å². The predicted molar refractivity (Wildman–Crippen MR) is 111 cm³/mol. The summed E-state index contributed by atoms with van der Waals surface area (Å²) >= 11 is 3.49. The SMILES string of the molecule is Nc1nc(C(=NO)C(=O)NC2C(=O)N3CC(SC4COCOC4)(C(=O)[O-])CS[C@H]23)cs1.[Na+]. The van der Waals surface area contributed by atoms with Crippen molar-refractivity contribution in [2.75, 3.05) is 38.0 Å². The molecule has 12 nitrogen and oxygen atoms in total. The molecule has 0 aliphatic carbocycles. The molecule has 1 aromatic rings. The van der Waals surface area contributed by atoms with Crippen molar-refractivity contribution in [2.45, 2.75) is 21.4 Å². The van der Waals surface area contributed by atoms with Gasteiger partial charge in [-0.1, -0.05) is 5.16 Å². The number of carbonyl (C=O) groups is 3. The van der Waals surface area contributed by atoms with E-state index in [-0.39, 0.29) is 70.4 Å². The van der Waals surface area contributed by atoms with Gasteiger partial charge in [0.1, 0.15) is 23.9 Å². The summed E-state index contributed by atoms with van der Waals surface area (Å²) in [5.41, 5.74) is 5.27. The number of anilines is 1. The Labute approximate surface area is 216 Å². The number of nitrogens with one attached hydrogen (secondary N) is 1. The van der Waals surface area contributed by atoms with Gasteiger partial charge in [-0.15, -0.1) is 34.9 Å². The number of oxime groups is 1. The van der Waals surface area contributed by atoms with Gasteiger partial charge in [0.05, 0.1) is 29.2 Å². The number of carboxylic acid groups (broad SMARTS) is 1. The Balaban J connectivity index is 0.00000289. The number of β-lactam (4-membered cyclic amide) rings is 1. The van der Waals surface area contributed by atoms with E-state index in [1.165, 1.54) is 33.8 Å². The molecule has 3 aliphatic rings. The number of ether oxygens (including phenoxy) is 2. The summed E-state index contributed by atoms with van der Waals surface area (Å²) in [6.07, 6.45) is 0. The molecule has 0 radical (unpaired) electrons. The molecule has 3 saturated heterocycles. The van der Waals surface area contributed by atoms with Crippen molar-refractivity contribution >= 4 is 63.5 Å². The van der Waals surface area contributed by atoms with Crippen molar-refractivity contribution in [3.63, 3.8) is 0 Å². The summed E-state index contributed by atoms with van der Waals surface area (Å²) in [5, 5.41) is 27.7. The number of carbonyl (C=O) groups excluding carboxylic acids is 3. The fourth-order valence-electron chi connectivity index (χ4n) is 3.47. The van der Waals surface area contributed by atoms with E-state index in [1.54, 1.807) is 0 Å². The van der Waals surface area contributed by atoms with Crippen molar-refractivity contribution in [1.82, 2.24) is 15.2 Å². The Morgan fingerprint density at radius 1 is 1.44 bits per heavy atom. The first-order valence-electron chi connectivity index (χ1n) is 9.06. The summed E-state index contributed by atoms with van der Waals surface area (Å²) in [6.45, 7) is 0.823. The summed E-state index contributed by atoms with van der Waals surface area (Å²) in [7, 11) is 0. The Morgan fingerprint density at radius 2 is 2.16 bits per heavy atom. The van der Waals surface area contributed by atoms with Crippen molar-refractivity contribution in [2.24, 2.45) is 5.16 Å². The molecule has 16 heteroatoms. The van der Waals surface area contributed by atoms with Crippen LogP contribution in [0.25, 0.3) is 0 Å². The number of thiazole rings is 1. The van der Waals surface area contributed by atoms with E-state index in [4.69, 9.17) is 15.2 Å². The van der Waals surface area contributed by atoms with Crippen LogP contribution >= 0.6 is 34.9 Å². The van der Waals surface area contributed by atoms with E-state index in [9.17, 15) is 24.7 Å². The minimum Gasteiger partial charge on any atom is -0.549 e. The second-order valence-corrected chi connectivity index (χ2v) is 10.7.